The molecular formula is C11H20BrN3O. The van der Waals surface area contributed by atoms with Crippen molar-refractivity contribution in [1.82, 2.24) is 9.78 Å². The zero-order chi connectivity index (χ0) is 12.3. The third kappa shape index (κ3) is 3.06. The van der Waals surface area contributed by atoms with Crippen molar-refractivity contribution in [1.29, 1.82) is 0 Å². The Morgan fingerprint density at radius 3 is 2.62 bits per heavy atom. The molecule has 2 N–H and O–H groups in total. The predicted octanol–water partition coefficient (Wildman–Crippen LogP) is 1.79. The number of halogens is 1. The van der Waals surface area contributed by atoms with Gasteiger partial charge in [0.05, 0.1) is 22.0 Å². The Balaban J connectivity index is 2.72. The minimum Gasteiger partial charge on any atom is -0.377 e. The van der Waals surface area contributed by atoms with Gasteiger partial charge in [-0.15, -0.1) is 0 Å². The molecule has 0 radical (unpaired) electrons. The Labute approximate surface area is 105 Å². The van der Waals surface area contributed by atoms with E-state index in [1.165, 1.54) is 0 Å². The molecule has 1 heterocycles. The average molecular weight is 290 g/mol. The largest absolute Gasteiger partial charge is 0.377 e. The van der Waals surface area contributed by atoms with Crippen molar-refractivity contribution in [3.8, 4) is 0 Å². The van der Waals surface area contributed by atoms with Gasteiger partial charge in [0, 0.05) is 26.1 Å². The van der Waals surface area contributed by atoms with E-state index in [0.717, 1.165) is 22.3 Å². The molecule has 0 fully saturated rings. The molecule has 0 saturated carbocycles. The molecule has 0 bridgehead atoms. The van der Waals surface area contributed by atoms with E-state index in [4.69, 9.17) is 10.5 Å². The quantitative estimate of drug-likeness (QED) is 0.899. The van der Waals surface area contributed by atoms with E-state index in [1.54, 1.807) is 0 Å². The standard InChI is InChI=1S/C11H20BrN3O/c1-5-16-8(3)9(13)6-10-11(12)7(2)14-15(10)4/h8-9H,5-6,13H2,1-4H3. The third-order valence-corrected chi connectivity index (χ3v) is 3.75. The molecule has 2 atom stereocenters. The summed E-state index contributed by atoms with van der Waals surface area (Å²) in [5.41, 5.74) is 8.21. The minimum absolute atomic E-state index is 0.00829. The number of hydrogen-bond acceptors (Lipinski definition) is 3. The molecule has 0 aliphatic heterocycles. The maximum atomic E-state index is 6.10. The van der Waals surface area contributed by atoms with E-state index >= 15 is 0 Å². The number of aromatic nitrogens is 2. The van der Waals surface area contributed by atoms with Gasteiger partial charge in [-0.05, 0) is 36.7 Å². The van der Waals surface area contributed by atoms with Gasteiger partial charge >= 0.3 is 0 Å². The van der Waals surface area contributed by atoms with E-state index in [0.29, 0.717) is 6.61 Å². The number of nitrogens with two attached hydrogens (primary N) is 1. The fourth-order valence-electron chi connectivity index (χ4n) is 1.68. The first-order chi connectivity index (χ1) is 7.47. The highest BCUT2D eigenvalue weighted by molar-refractivity contribution is 9.10. The van der Waals surface area contributed by atoms with Crippen LogP contribution in [0.1, 0.15) is 25.2 Å². The Morgan fingerprint density at radius 1 is 1.56 bits per heavy atom. The summed E-state index contributed by atoms with van der Waals surface area (Å²) >= 11 is 3.54. The Bertz CT molecular complexity index is 351. The van der Waals surface area contributed by atoms with Crippen molar-refractivity contribution in [2.24, 2.45) is 12.8 Å². The van der Waals surface area contributed by atoms with Crippen LogP contribution in [0.5, 0.6) is 0 Å². The summed E-state index contributed by atoms with van der Waals surface area (Å²) in [6.45, 7) is 6.66. The van der Waals surface area contributed by atoms with E-state index in [2.05, 4.69) is 21.0 Å². The molecule has 1 aromatic rings. The molecule has 2 unspecified atom stereocenters. The SMILES string of the molecule is CCOC(C)C(N)Cc1c(Br)c(C)nn1C. The van der Waals surface area contributed by atoms with Crippen LogP contribution in [-0.2, 0) is 18.2 Å². The summed E-state index contributed by atoms with van der Waals surface area (Å²) in [4.78, 5) is 0. The van der Waals surface area contributed by atoms with Crippen LogP contribution in [0, 0.1) is 6.92 Å². The van der Waals surface area contributed by atoms with Gasteiger partial charge in [-0.2, -0.15) is 5.10 Å². The van der Waals surface area contributed by atoms with Crippen molar-refractivity contribution < 1.29 is 4.74 Å². The molecule has 5 heteroatoms. The van der Waals surface area contributed by atoms with Crippen molar-refractivity contribution in [3.05, 3.63) is 15.9 Å². The van der Waals surface area contributed by atoms with Gasteiger partial charge in [0.15, 0.2) is 0 Å². The second-order valence-electron chi connectivity index (χ2n) is 4.00. The summed E-state index contributed by atoms with van der Waals surface area (Å²) in [7, 11) is 1.94. The second kappa shape index (κ2) is 5.80. The normalized spacial score (nSPS) is 15.1. The molecule has 0 aromatic carbocycles. The molecule has 4 nitrogen and oxygen atoms in total. The number of aryl methyl sites for hydroxylation is 2. The Kier molecular flexibility index (Phi) is 4.95. The van der Waals surface area contributed by atoms with Gasteiger partial charge in [0.25, 0.3) is 0 Å². The zero-order valence-electron chi connectivity index (χ0n) is 10.3. The zero-order valence-corrected chi connectivity index (χ0v) is 11.9. The van der Waals surface area contributed by atoms with Crippen molar-refractivity contribution >= 4 is 15.9 Å². The van der Waals surface area contributed by atoms with Crippen LogP contribution < -0.4 is 5.73 Å². The Hall–Kier alpha value is -0.390. The monoisotopic (exact) mass is 289 g/mol. The lowest BCUT2D eigenvalue weighted by atomic mass is 10.1. The van der Waals surface area contributed by atoms with Crippen LogP contribution in [0.2, 0.25) is 0 Å². The van der Waals surface area contributed by atoms with Crippen LogP contribution >= 0.6 is 15.9 Å². The minimum atomic E-state index is -0.00829. The highest BCUT2D eigenvalue weighted by Crippen LogP contribution is 2.21. The molecule has 1 rings (SSSR count). The fourth-order valence-corrected chi connectivity index (χ4v) is 2.18. The highest BCUT2D eigenvalue weighted by atomic mass is 79.9. The second-order valence-corrected chi connectivity index (χ2v) is 4.79. The van der Waals surface area contributed by atoms with Crippen LogP contribution in [0.15, 0.2) is 4.47 Å². The molecule has 92 valence electrons. The van der Waals surface area contributed by atoms with Gasteiger partial charge in [0.1, 0.15) is 0 Å². The topological polar surface area (TPSA) is 53.1 Å². The number of hydrogen-bond donors (Lipinski definition) is 1. The molecule has 0 aliphatic carbocycles. The number of ether oxygens (including phenoxy) is 1. The molecule has 16 heavy (non-hydrogen) atoms. The van der Waals surface area contributed by atoms with Crippen molar-refractivity contribution in [2.45, 2.75) is 39.3 Å². The molecule has 0 aliphatic rings. The first kappa shape index (κ1) is 13.7. The first-order valence-corrected chi connectivity index (χ1v) is 6.31. The summed E-state index contributed by atoms with van der Waals surface area (Å²) < 4.78 is 8.42. The fraction of sp³-hybridized carbons (Fsp3) is 0.727. The van der Waals surface area contributed by atoms with E-state index in [1.807, 2.05) is 32.5 Å². The van der Waals surface area contributed by atoms with E-state index < -0.39 is 0 Å². The molecule has 1 aromatic heterocycles. The van der Waals surface area contributed by atoms with Crippen molar-refractivity contribution in [3.63, 3.8) is 0 Å². The van der Waals surface area contributed by atoms with Gasteiger partial charge in [-0.1, -0.05) is 0 Å². The van der Waals surface area contributed by atoms with Gasteiger partial charge in [0.2, 0.25) is 0 Å². The van der Waals surface area contributed by atoms with E-state index in [-0.39, 0.29) is 12.1 Å². The van der Waals surface area contributed by atoms with Crippen LogP contribution in [0.25, 0.3) is 0 Å². The van der Waals surface area contributed by atoms with Crippen LogP contribution in [0.3, 0.4) is 0 Å². The Morgan fingerprint density at radius 2 is 2.19 bits per heavy atom. The predicted molar refractivity (Wildman–Crippen MR) is 68.4 cm³/mol. The lowest BCUT2D eigenvalue weighted by molar-refractivity contribution is 0.0572. The summed E-state index contributed by atoms with van der Waals surface area (Å²) in [5.74, 6) is 0. The van der Waals surface area contributed by atoms with Gasteiger partial charge < -0.3 is 10.5 Å². The number of rotatable bonds is 5. The smallest absolute Gasteiger partial charge is 0.0738 e. The summed E-state index contributed by atoms with van der Waals surface area (Å²) in [5, 5.41) is 4.34. The lowest BCUT2D eigenvalue weighted by Gasteiger charge is -2.19. The van der Waals surface area contributed by atoms with Gasteiger partial charge in [-0.25, -0.2) is 0 Å². The van der Waals surface area contributed by atoms with Crippen LogP contribution in [0.4, 0.5) is 0 Å². The summed E-state index contributed by atoms with van der Waals surface area (Å²) in [6, 6.07) is -0.00829. The van der Waals surface area contributed by atoms with E-state index in [9.17, 15) is 0 Å². The van der Waals surface area contributed by atoms with Crippen LogP contribution in [-0.4, -0.2) is 28.5 Å². The average Bonchev–Trinajstić information content (AvgIpc) is 2.45. The number of nitrogens with zero attached hydrogens (tertiary/aromatic N) is 2. The maximum absolute atomic E-state index is 6.10. The third-order valence-electron chi connectivity index (χ3n) is 2.72. The molecule has 0 spiro atoms. The summed E-state index contributed by atoms with van der Waals surface area (Å²) in [6.07, 6.45) is 0.825. The maximum Gasteiger partial charge on any atom is 0.0738 e. The molecule has 0 amide bonds. The van der Waals surface area contributed by atoms with Crippen molar-refractivity contribution in [2.75, 3.05) is 6.61 Å². The molecule has 0 saturated heterocycles. The first-order valence-electron chi connectivity index (χ1n) is 5.52. The lowest BCUT2D eigenvalue weighted by Crippen LogP contribution is -2.37. The highest BCUT2D eigenvalue weighted by Gasteiger charge is 2.18. The van der Waals surface area contributed by atoms with Gasteiger partial charge in [-0.3, -0.25) is 4.68 Å². The molecular weight excluding hydrogens is 270 g/mol.